The molecule has 10 heteroatoms. The van der Waals surface area contributed by atoms with Crippen LogP contribution in [0.2, 0.25) is 0 Å². The van der Waals surface area contributed by atoms with E-state index in [1.807, 2.05) is 30.5 Å². The predicted octanol–water partition coefficient (Wildman–Crippen LogP) is 4.99. The minimum absolute atomic E-state index is 0.186. The number of hydrogen-bond acceptors (Lipinski definition) is 6. The first-order valence-electron chi connectivity index (χ1n) is 12.6. The summed E-state index contributed by atoms with van der Waals surface area (Å²) in [5, 5.41) is 0. The van der Waals surface area contributed by atoms with Crippen molar-refractivity contribution in [1.29, 1.82) is 0 Å². The Kier molecular flexibility index (Phi) is 8.83. The van der Waals surface area contributed by atoms with Crippen LogP contribution in [-0.2, 0) is 16.6 Å². The van der Waals surface area contributed by atoms with Crippen LogP contribution >= 0.6 is 11.3 Å². The van der Waals surface area contributed by atoms with Crippen LogP contribution in [0.1, 0.15) is 49.9 Å². The van der Waals surface area contributed by atoms with E-state index in [-0.39, 0.29) is 4.90 Å². The highest BCUT2D eigenvalue weighted by molar-refractivity contribution is 7.89. The molecule has 3 aromatic rings. The number of fused-ring (bicyclic) bond motifs is 2. The molecule has 0 unspecified atom stereocenters. The van der Waals surface area contributed by atoms with Crippen LogP contribution in [0.25, 0.3) is 10.2 Å². The van der Waals surface area contributed by atoms with Crippen molar-refractivity contribution in [2.24, 2.45) is 4.99 Å². The first-order valence-corrected chi connectivity index (χ1v) is 14.9. The zero-order valence-corrected chi connectivity index (χ0v) is 22.9. The quantitative estimate of drug-likeness (QED) is 0.318. The summed E-state index contributed by atoms with van der Waals surface area (Å²) >= 11 is 1.38. The van der Waals surface area contributed by atoms with Crippen LogP contribution in [0.5, 0.6) is 11.5 Å². The van der Waals surface area contributed by atoms with Gasteiger partial charge in [0.05, 0.1) is 15.1 Å². The van der Waals surface area contributed by atoms with Crippen molar-refractivity contribution in [3.8, 4) is 11.5 Å². The molecule has 1 amide bonds. The molecule has 0 saturated carbocycles. The zero-order chi connectivity index (χ0) is 26.4. The Morgan fingerprint density at radius 2 is 1.70 bits per heavy atom. The molecule has 0 spiro atoms. The number of hydrogen-bond donors (Lipinski definition) is 0. The van der Waals surface area contributed by atoms with Gasteiger partial charge >= 0.3 is 0 Å². The number of benzene rings is 2. The van der Waals surface area contributed by atoms with E-state index in [1.54, 1.807) is 10.4 Å². The van der Waals surface area contributed by atoms with E-state index in [9.17, 15) is 13.2 Å². The molecule has 0 saturated heterocycles. The molecule has 37 heavy (non-hydrogen) atoms. The van der Waals surface area contributed by atoms with Crippen LogP contribution in [0.4, 0.5) is 0 Å². The molecule has 198 valence electrons. The van der Waals surface area contributed by atoms with Gasteiger partial charge < -0.3 is 14.0 Å². The first kappa shape index (κ1) is 27.1. The minimum Gasteiger partial charge on any atom is -0.486 e. The van der Waals surface area contributed by atoms with Crippen molar-refractivity contribution < 1.29 is 22.7 Å². The van der Waals surface area contributed by atoms with Gasteiger partial charge in [-0.2, -0.15) is 9.30 Å². The summed E-state index contributed by atoms with van der Waals surface area (Å²) in [5.74, 6) is 0.891. The molecule has 0 fully saturated rings. The van der Waals surface area contributed by atoms with Gasteiger partial charge in [0.2, 0.25) is 10.0 Å². The highest BCUT2D eigenvalue weighted by Crippen LogP contribution is 2.35. The Labute approximate surface area is 221 Å². The topological polar surface area (TPSA) is 90.2 Å². The van der Waals surface area contributed by atoms with E-state index in [4.69, 9.17) is 9.47 Å². The fourth-order valence-electron chi connectivity index (χ4n) is 4.09. The van der Waals surface area contributed by atoms with Gasteiger partial charge in [0, 0.05) is 37.3 Å². The van der Waals surface area contributed by atoms with Gasteiger partial charge in [0.1, 0.15) is 13.2 Å². The average Bonchev–Trinajstić information content (AvgIpc) is 3.23. The van der Waals surface area contributed by atoms with Crippen LogP contribution in [0.3, 0.4) is 0 Å². The molecule has 2 aromatic carbocycles. The maximum absolute atomic E-state index is 13.2. The lowest BCUT2D eigenvalue weighted by Crippen LogP contribution is -2.33. The summed E-state index contributed by atoms with van der Waals surface area (Å²) in [6, 6.07) is 9.85. The van der Waals surface area contributed by atoms with Gasteiger partial charge in [0.25, 0.3) is 5.91 Å². The third kappa shape index (κ3) is 5.97. The number of amides is 1. The molecule has 0 radical (unpaired) electrons. The molecule has 0 bridgehead atoms. The second-order valence-electron chi connectivity index (χ2n) is 8.80. The third-order valence-electron chi connectivity index (χ3n) is 6.12. The Hall–Kier alpha value is -2.95. The lowest BCUT2D eigenvalue weighted by atomic mass is 10.2. The summed E-state index contributed by atoms with van der Waals surface area (Å²) in [6.07, 6.45) is 5.19. The number of sulfonamides is 1. The molecular formula is C27H33N3O5S2. The fourth-order valence-corrected chi connectivity index (χ4v) is 6.65. The standard InChI is InChI=1S/C27H33N3O5S2/c1-4-7-14-29(15-8-5-2)37(32,33)21-11-9-20(10-12-21)26(31)28-27-30(13-6-3)22-18-23-24(19-25(22)36-27)35-17-16-34-23/h6,9-12,18-19H,3-5,7-8,13-17H2,1-2H3. The minimum atomic E-state index is -3.63. The summed E-state index contributed by atoms with van der Waals surface area (Å²) in [5.41, 5.74) is 1.20. The monoisotopic (exact) mass is 543 g/mol. The lowest BCUT2D eigenvalue weighted by molar-refractivity contribution is 0.0997. The number of thiazole rings is 1. The number of rotatable bonds is 11. The number of ether oxygens (including phenoxy) is 2. The smallest absolute Gasteiger partial charge is 0.279 e. The average molecular weight is 544 g/mol. The van der Waals surface area contributed by atoms with E-state index in [0.717, 1.165) is 35.9 Å². The molecule has 0 aliphatic carbocycles. The second-order valence-corrected chi connectivity index (χ2v) is 11.7. The van der Waals surface area contributed by atoms with Crippen LogP contribution < -0.4 is 14.3 Å². The first-order chi connectivity index (χ1) is 17.9. The highest BCUT2D eigenvalue weighted by Gasteiger charge is 2.24. The Bertz CT molecular complexity index is 1430. The van der Waals surface area contributed by atoms with Gasteiger partial charge in [-0.1, -0.05) is 44.1 Å². The van der Waals surface area contributed by atoms with Crippen molar-refractivity contribution in [3.63, 3.8) is 0 Å². The van der Waals surface area contributed by atoms with Crippen molar-refractivity contribution >= 4 is 37.5 Å². The van der Waals surface area contributed by atoms with Crippen molar-refractivity contribution in [2.45, 2.75) is 51.0 Å². The predicted molar refractivity (Wildman–Crippen MR) is 146 cm³/mol. The summed E-state index contributed by atoms with van der Waals surface area (Å²) in [7, 11) is -3.63. The second kappa shape index (κ2) is 12.1. The van der Waals surface area contributed by atoms with Crippen molar-refractivity contribution in [3.05, 3.63) is 59.4 Å². The van der Waals surface area contributed by atoms with E-state index < -0.39 is 15.9 Å². The Balaban J connectivity index is 1.64. The van der Waals surface area contributed by atoms with Crippen LogP contribution in [-0.4, -0.2) is 49.5 Å². The molecule has 1 aromatic heterocycles. The molecule has 0 N–H and O–H groups in total. The molecule has 2 heterocycles. The summed E-state index contributed by atoms with van der Waals surface area (Å²) in [6.45, 7) is 10.3. The molecule has 1 aliphatic heterocycles. The fraction of sp³-hybridized carbons (Fsp3) is 0.407. The summed E-state index contributed by atoms with van der Waals surface area (Å²) < 4.78 is 42.2. The normalized spacial score (nSPS) is 13.9. The van der Waals surface area contributed by atoms with Gasteiger partial charge in [-0.3, -0.25) is 4.79 Å². The molecule has 4 rings (SSSR count). The maximum Gasteiger partial charge on any atom is 0.279 e. The van der Waals surface area contributed by atoms with E-state index in [0.29, 0.717) is 54.7 Å². The SMILES string of the molecule is C=CCn1c(=NC(=O)c2ccc(S(=O)(=O)N(CCCC)CCCC)cc2)sc2cc3c(cc21)OCCO3. The van der Waals surface area contributed by atoms with Gasteiger partial charge in [0.15, 0.2) is 16.3 Å². The Morgan fingerprint density at radius 1 is 1.08 bits per heavy atom. The number of allylic oxidation sites excluding steroid dienone is 1. The number of unbranched alkanes of at least 4 members (excludes halogenated alkanes) is 2. The lowest BCUT2D eigenvalue weighted by Gasteiger charge is -2.22. The zero-order valence-electron chi connectivity index (χ0n) is 21.3. The third-order valence-corrected chi connectivity index (χ3v) is 9.07. The Morgan fingerprint density at radius 3 is 2.30 bits per heavy atom. The molecular weight excluding hydrogens is 510 g/mol. The number of nitrogens with zero attached hydrogens (tertiary/aromatic N) is 3. The maximum atomic E-state index is 13.2. The van der Waals surface area contributed by atoms with E-state index in [1.165, 1.54) is 35.6 Å². The van der Waals surface area contributed by atoms with E-state index >= 15 is 0 Å². The van der Waals surface area contributed by atoms with Gasteiger partial charge in [-0.25, -0.2) is 8.42 Å². The van der Waals surface area contributed by atoms with Crippen molar-refractivity contribution in [1.82, 2.24) is 8.87 Å². The van der Waals surface area contributed by atoms with Gasteiger partial charge in [-0.05, 0) is 37.1 Å². The summed E-state index contributed by atoms with van der Waals surface area (Å²) in [4.78, 5) is 18.1. The molecule has 1 aliphatic rings. The number of carbonyl (C=O) groups excluding carboxylic acids is 1. The van der Waals surface area contributed by atoms with Crippen LogP contribution in [0, 0.1) is 0 Å². The molecule has 8 nitrogen and oxygen atoms in total. The van der Waals surface area contributed by atoms with Gasteiger partial charge in [-0.15, -0.1) is 6.58 Å². The van der Waals surface area contributed by atoms with E-state index in [2.05, 4.69) is 11.6 Å². The van der Waals surface area contributed by atoms with Crippen LogP contribution in [0.15, 0.2) is 58.9 Å². The largest absolute Gasteiger partial charge is 0.486 e. The highest BCUT2D eigenvalue weighted by atomic mass is 32.2. The number of aromatic nitrogens is 1. The van der Waals surface area contributed by atoms with Crippen molar-refractivity contribution in [2.75, 3.05) is 26.3 Å². The molecule has 0 atom stereocenters. The number of carbonyl (C=O) groups is 1.